The topological polar surface area (TPSA) is 12.0 Å². The molecule has 0 saturated carbocycles. The SMILES string of the molecule is CSc1ccccc1NC(C)c1ccc(C)cc1. The van der Waals surface area contributed by atoms with Gasteiger partial charge in [0.25, 0.3) is 0 Å². The maximum absolute atomic E-state index is 3.58. The van der Waals surface area contributed by atoms with E-state index in [1.54, 1.807) is 11.8 Å². The van der Waals surface area contributed by atoms with Crippen molar-refractivity contribution >= 4 is 17.4 Å². The highest BCUT2D eigenvalue weighted by Crippen LogP contribution is 2.28. The number of hydrogen-bond donors (Lipinski definition) is 1. The van der Waals surface area contributed by atoms with E-state index in [0.717, 1.165) is 0 Å². The van der Waals surface area contributed by atoms with Crippen LogP contribution in [0.4, 0.5) is 5.69 Å². The molecule has 0 radical (unpaired) electrons. The summed E-state index contributed by atoms with van der Waals surface area (Å²) < 4.78 is 0. The highest BCUT2D eigenvalue weighted by Gasteiger charge is 2.07. The molecule has 0 saturated heterocycles. The summed E-state index contributed by atoms with van der Waals surface area (Å²) in [6.45, 7) is 4.31. The minimum atomic E-state index is 0.318. The molecular formula is C16H19NS. The van der Waals surface area contributed by atoms with Crippen molar-refractivity contribution in [1.82, 2.24) is 0 Å². The minimum absolute atomic E-state index is 0.318. The van der Waals surface area contributed by atoms with Crippen LogP contribution in [0.25, 0.3) is 0 Å². The number of benzene rings is 2. The van der Waals surface area contributed by atoms with Crippen molar-refractivity contribution in [2.24, 2.45) is 0 Å². The fraction of sp³-hybridized carbons (Fsp3) is 0.250. The van der Waals surface area contributed by atoms with E-state index < -0.39 is 0 Å². The van der Waals surface area contributed by atoms with Crippen molar-refractivity contribution in [2.45, 2.75) is 24.8 Å². The van der Waals surface area contributed by atoms with Crippen LogP contribution in [0.5, 0.6) is 0 Å². The second kappa shape index (κ2) is 5.96. The highest BCUT2D eigenvalue weighted by molar-refractivity contribution is 7.98. The van der Waals surface area contributed by atoms with Gasteiger partial charge in [0.1, 0.15) is 0 Å². The Balaban J connectivity index is 2.15. The van der Waals surface area contributed by atoms with E-state index in [-0.39, 0.29) is 0 Å². The van der Waals surface area contributed by atoms with Gasteiger partial charge in [-0.3, -0.25) is 0 Å². The zero-order chi connectivity index (χ0) is 13.0. The molecule has 2 rings (SSSR count). The Morgan fingerprint density at radius 1 is 1.00 bits per heavy atom. The molecule has 0 fully saturated rings. The molecule has 94 valence electrons. The molecule has 18 heavy (non-hydrogen) atoms. The van der Waals surface area contributed by atoms with E-state index in [1.807, 2.05) is 0 Å². The van der Waals surface area contributed by atoms with E-state index in [1.165, 1.54) is 21.7 Å². The fourth-order valence-corrected chi connectivity index (χ4v) is 2.50. The Morgan fingerprint density at radius 2 is 1.67 bits per heavy atom. The number of hydrogen-bond acceptors (Lipinski definition) is 2. The number of thioether (sulfide) groups is 1. The number of rotatable bonds is 4. The molecule has 0 bridgehead atoms. The molecule has 0 aliphatic rings. The molecule has 1 unspecified atom stereocenters. The van der Waals surface area contributed by atoms with Gasteiger partial charge in [0.05, 0.1) is 0 Å². The lowest BCUT2D eigenvalue weighted by molar-refractivity contribution is 0.879. The molecule has 0 aliphatic heterocycles. The van der Waals surface area contributed by atoms with Gasteiger partial charge in [-0.1, -0.05) is 42.0 Å². The first-order valence-electron chi connectivity index (χ1n) is 6.17. The van der Waals surface area contributed by atoms with Crippen LogP contribution in [-0.4, -0.2) is 6.26 Å². The van der Waals surface area contributed by atoms with Gasteiger partial charge >= 0.3 is 0 Å². The molecule has 1 nitrogen and oxygen atoms in total. The van der Waals surface area contributed by atoms with Crippen molar-refractivity contribution in [1.29, 1.82) is 0 Å². The molecular weight excluding hydrogens is 238 g/mol. The summed E-state index contributed by atoms with van der Waals surface area (Å²) in [6.07, 6.45) is 2.11. The van der Waals surface area contributed by atoms with Gasteiger partial charge in [-0.05, 0) is 37.8 Å². The normalized spacial score (nSPS) is 12.2. The van der Waals surface area contributed by atoms with Crippen LogP contribution < -0.4 is 5.32 Å². The van der Waals surface area contributed by atoms with Gasteiger partial charge in [0.15, 0.2) is 0 Å². The molecule has 1 N–H and O–H groups in total. The summed E-state index contributed by atoms with van der Waals surface area (Å²) in [5.41, 5.74) is 3.82. The molecule has 2 heteroatoms. The lowest BCUT2D eigenvalue weighted by Gasteiger charge is -2.18. The quantitative estimate of drug-likeness (QED) is 0.783. The first kappa shape index (κ1) is 13.0. The maximum Gasteiger partial charge on any atom is 0.0486 e. The standard InChI is InChI=1S/C16H19NS/c1-12-8-10-14(11-9-12)13(2)17-15-6-4-5-7-16(15)18-3/h4-11,13,17H,1-3H3. The van der Waals surface area contributed by atoms with Gasteiger partial charge in [-0.15, -0.1) is 11.8 Å². The predicted molar refractivity (Wildman–Crippen MR) is 81.4 cm³/mol. The van der Waals surface area contributed by atoms with Gasteiger partial charge in [-0.2, -0.15) is 0 Å². The van der Waals surface area contributed by atoms with Gasteiger partial charge in [-0.25, -0.2) is 0 Å². The van der Waals surface area contributed by atoms with E-state index in [4.69, 9.17) is 0 Å². The molecule has 0 spiro atoms. The van der Waals surface area contributed by atoms with Crippen molar-refractivity contribution in [3.05, 3.63) is 59.7 Å². The summed E-state index contributed by atoms with van der Waals surface area (Å²) in [5.74, 6) is 0. The van der Waals surface area contributed by atoms with Crippen LogP contribution in [-0.2, 0) is 0 Å². The van der Waals surface area contributed by atoms with Crippen molar-refractivity contribution < 1.29 is 0 Å². The first-order chi connectivity index (χ1) is 8.70. The first-order valence-corrected chi connectivity index (χ1v) is 7.39. The Labute approximate surface area is 114 Å². The minimum Gasteiger partial charge on any atom is -0.378 e. The number of aryl methyl sites for hydroxylation is 1. The van der Waals surface area contributed by atoms with Crippen LogP contribution in [0.15, 0.2) is 53.4 Å². The summed E-state index contributed by atoms with van der Waals surface area (Å²) in [6, 6.07) is 17.5. The van der Waals surface area contributed by atoms with Crippen molar-refractivity contribution in [2.75, 3.05) is 11.6 Å². The Hall–Kier alpha value is -1.41. The summed E-state index contributed by atoms with van der Waals surface area (Å²) >= 11 is 1.77. The zero-order valence-corrected chi connectivity index (χ0v) is 11.9. The summed E-state index contributed by atoms with van der Waals surface area (Å²) in [5, 5.41) is 3.58. The molecule has 2 aromatic rings. The smallest absolute Gasteiger partial charge is 0.0486 e. The van der Waals surface area contributed by atoms with Gasteiger partial charge in [0.2, 0.25) is 0 Å². The summed E-state index contributed by atoms with van der Waals surface area (Å²) in [7, 11) is 0. The van der Waals surface area contributed by atoms with Gasteiger partial charge < -0.3 is 5.32 Å². The third-order valence-electron chi connectivity index (χ3n) is 3.06. The van der Waals surface area contributed by atoms with E-state index in [0.29, 0.717) is 6.04 Å². The molecule has 0 amide bonds. The average Bonchev–Trinajstić information content (AvgIpc) is 2.40. The monoisotopic (exact) mass is 257 g/mol. The third kappa shape index (κ3) is 3.08. The predicted octanol–water partition coefficient (Wildman–Crippen LogP) is 4.89. The van der Waals surface area contributed by atoms with Crippen LogP contribution >= 0.6 is 11.8 Å². The third-order valence-corrected chi connectivity index (χ3v) is 3.85. The van der Waals surface area contributed by atoms with E-state index in [9.17, 15) is 0 Å². The average molecular weight is 257 g/mol. The summed E-state index contributed by atoms with van der Waals surface area (Å²) in [4.78, 5) is 1.29. The Morgan fingerprint density at radius 3 is 2.33 bits per heavy atom. The molecule has 0 aliphatic carbocycles. The van der Waals surface area contributed by atoms with Crippen LogP contribution in [0.2, 0.25) is 0 Å². The highest BCUT2D eigenvalue weighted by atomic mass is 32.2. The molecule has 0 heterocycles. The number of nitrogens with one attached hydrogen (secondary N) is 1. The van der Waals surface area contributed by atoms with E-state index >= 15 is 0 Å². The van der Waals surface area contributed by atoms with Crippen molar-refractivity contribution in [3.63, 3.8) is 0 Å². The Kier molecular flexibility index (Phi) is 4.32. The molecule has 2 aromatic carbocycles. The lowest BCUT2D eigenvalue weighted by Crippen LogP contribution is -2.07. The fourth-order valence-electron chi connectivity index (χ4n) is 1.94. The van der Waals surface area contributed by atoms with Crippen LogP contribution in [0.3, 0.4) is 0 Å². The molecule has 1 atom stereocenters. The van der Waals surface area contributed by atoms with Gasteiger partial charge in [0, 0.05) is 16.6 Å². The van der Waals surface area contributed by atoms with Crippen LogP contribution in [0, 0.1) is 6.92 Å². The number of anilines is 1. The largest absolute Gasteiger partial charge is 0.378 e. The molecule has 0 aromatic heterocycles. The van der Waals surface area contributed by atoms with Crippen molar-refractivity contribution in [3.8, 4) is 0 Å². The number of para-hydroxylation sites is 1. The second-order valence-electron chi connectivity index (χ2n) is 4.48. The second-order valence-corrected chi connectivity index (χ2v) is 5.33. The van der Waals surface area contributed by atoms with E-state index in [2.05, 4.69) is 74.0 Å². The Bertz CT molecular complexity index is 505. The van der Waals surface area contributed by atoms with Crippen LogP contribution in [0.1, 0.15) is 24.1 Å². The maximum atomic E-state index is 3.58. The lowest BCUT2D eigenvalue weighted by atomic mass is 10.1. The zero-order valence-electron chi connectivity index (χ0n) is 11.1.